The van der Waals surface area contributed by atoms with E-state index in [1.165, 1.54) is 37.5 Å². The summed E-state index contributed by atoms with van der Waals surface area (Å²) in [6.07, 6.45) is 3.64. The van der Waals surface area contributed by atoms with E-state index < -0.39 is 0 Å². The summed E-state index contributed by atoms with van der Waals surface area (Å²) in [5.41, 5.74) is 0.488. The average molecular weight is 393 g/mol. The highest BCUT2D eigenvalue weighted by Crippen LogP contribution is 2.32. The smallest absolute Gasteiger partial charge is 0.251 e. The third kappa shape index (κ3) is 3.78. The Bertz CT molecular complexity index is 467. The van der Waals surface area contributed by atoms with Gasteiger partial charge in [-0.05, 0) is 58.8 Å². The summed E-state index contributed by atoms with van der Waals surface area (Å²) in [4.78, 5) is 12.0. The molecule has 2 nitrogen and oxygen atoms in total. The van der Waals surface area contributed by atoms with Gasteiger partial charge in [0.25, 0.3) is 5.91 Å². The van der Waals surface area contributed by atoms with Gasteiger partial charge < -0.3 is 5.32 Å². The minimum absolute atomic E-state index is 0.138. The molecule has 1 aliphatic rings. The third-order valence-corrected chi connectivity index (χ3v) is 5.16. The molecule has 104 valence electrons. The van der Waals surface area contributed by atoms with Crippen molar-refractivity contribution < 1.29 is 9.18 Å². The topological polar surface area (TPSA) is 29.1 Å². The molecule has 2 rings (SSSR count). The molecule has 0 radical (unpaired) electrons. The molecule has 0 bridgehead atoms. The Kier molecular flexibility index (Phi) is 5.39. The van der Waals surface area contributed by atoms with Gasteiger partial charge in [0.05, 0.1) is 4.47 Å². The first-order chi connectivity index (χ1) is 9.11. The van der Waals surface area contributed by atoms with Crippen molar-refractivity contribution in [2.45, 2.75) is 19.3 Å². The van der Waals surface area contributed by atoms with Crippen molar-refractivity contribution in [3.05, 3.63) is 34.1 Å². The van der Waals surface area contributed by atoms with Crippen LogP contribution in [0.25, 0.3) is 0 Å². The van der Waals surface area contributed by atoms with E-state index >= 15 is 0 Å². The lowest BCUT2D eigenvalue weighted by Gasteiger charge is -2.17. The maximum absolute atomic E-state index is 13.1. The van der Waals surface area contributed by atoms with Gasteiger partial charge in [-0.15, -0.1) is 0 Å². The SMILES string of the molecule is O=C(NCC1CCCC1CBr)c1ccc(F)c(Br)c1. The monoisotopic (exact) mass is 391 g/mol. The van der Waals surface area contributed by atoms with Crippen LogP contribution in [0.4, 0.5) is 4.39 Å². The Balaban J connectivity index is 1.92. The van der Waals surface area contributed by atoms with E-state index in [0.717, 1.165) is 5.33 Å². The fourth-order valence-electron chi connectivity index (χ4n) is 2.55. The molecule has 19 heavy (non-hydrogen) atoms. The van der Waals surface area contributed by atoms with Gasteiger partial charge in [0, 0.05) is 17.4 Å². The Morgan fingerprint density at radius 1 is 1.37 bits per heavy atom. The van der Waals surface area contributed by atoms with Crippen molar-refractivity contribution in [1.82, 2.24) is 5.32 Å². The van der Waals surface area contributed by atoms with Crippen molar-refractivity contribution in [1.29, 1.82) is 0 Å². The molecular formula is C14H16Br2FNO. The lowest BCUT2D eigenvalue weighted by atomic mass is 9.98. The Labute approximate surface area is 129 Å². The molecular weight excluding hydrogens is 377 g/mol. The van der Waals surface area contributed by atoms with Crippen LogP contribution in [-0.4, -0.2) is 17.8 Å². The molecule has 1 amide bonds. The first-order valence-corrected chi connectivity index (χ1v) is 8.32. The van der Waals surface area contributed by atoms with Gasteiger partial charge in [0.15, 0.2) is 0 Å². The van der Waals surface area contributed by atoms with E-state index in [9.17, 15) is 9.18 Å². The lowest BCUT2D eigenvalue weighted by Crippen LogP contribution is -2.31. The molecule has 1 aromatic carbocycles. The van der Waals surface area contributed by atoms with Gasteiger partial charge in [-0.1, -0.05) is 22.4 Å². The summed E-state index contributed by atoms with van der Waals surface area (Å²) >= 11 is 6.62. The Morgan fingerprint density at radius 2 is 2.11 bits per heavy atom. The summed E-state index contributed by atoms with van der Waals surface area (Å²) in [6.45, 7) is 0.699. The molecule has 1 aliphatic carbocycles. The maximum Gasteiger partial charge on any atom is 0.251 e. The molecule has 0 aromatic heterocycles. The van der Waals surface area contributed by atoms with Crippen LogP contribution in [0.15, 0.2) is 22.7 Å². The number of benzene rings is 1. The number of hydrogen-bond donors (Lipinski definition) is 1. The second kappa shape index (κ2) is 6.84. The number of carbonyl (C=O) groups is 1. The minimum Gasteiger partial charge on any atom is -0.352 e. The molecule has 0 heterocycles. The highest BCUT2D eigenvalue weighted by atomic mass is 79.9. The molecule has 5 heteroatoms. The molecule has 2 atom stereocenters. The molecule has 1 aromatic rings. The summed E-state index contributed by atoms with van der Waals surface area (Å²) in [5.74, 6) is 0.708. The van der Waals surface area contributed by atoms with E-state index in [4.69, 9.17) is 0 Å². The first kappa shape index (κ1) is 15.0. The van der Waals surface area contributed by atoms with Crippen LogP contribution >= 0.6 is 31.9 Å². The lowest BCUT2D eigenvalue weighted by molar-refractivity contribution is 0.0944. The van der Waals surface area contributed by atoms with Crippen LogP contribution in [0, 0.1) is 17.7 Å². The van der Waals surface area contributed by atoms with Crippen molar-refractivity contribution in [3.63, 3.8) is 0 Å². The first-order valence-electron chi connectivity index (χ1n) is 6.41. The molecule has 0 saturated heterocycles. The maximum atomic E-state index is 13.1. The van der Waals surface area contributed by atoms with Gasteiger partial charge in [0.2, 0.25) is 0 Å². The number of hydrogen-bond acceptors (Lipinski definition) is 1. The highest BCUT2D eigenvalue weighted by Gasteiger charge is 2.26. The molecule has 1 saturated carbocycles. The molecule has 0 aliphatic heterocycles. The van der Waals surface area contributed by atoms with E-state index in [0.29, 0.717) is 28.4 Å². The van der Waals surface area contributed by atoms with Crippen LogP contribution < -0.4 is 5.32 Å². The van der Waals surface area contributed by atoms with Gasteiger partial charge in [-0.3, -0.25) is 4.79 Å². The number of halogens is 3. The standard InChI is InChI=1S/C14H16Br2FNO/c15-7-10-2-1-3-11(10)8-18-14(19)9-4-5-13(17)12(16)6-9/h4-6,10-11H,1-3,7-8H2,(H,18,19). The normalized spacial score (nSPS) is 22.5. The summed E-state index contributed by atoms with van der Waals surface area (Å²) < 4.78 is 13.4. The van der Waals surface area contributed by atoms with Crippen molar-refractivity contribution >= 4 is 37.8 Å². The summed E-state index contributed by atoms with van der Waals surface area (Å²) in [5, 5.41) is 3.94. The zero-order chi connectivity index (χ0) is 13.8. The quantitative estimate of drug-likeness (QED) is 0.767. The van der Waals surface area contributed by atoms with E-state index in [-0.39, 0.29) is 11.7 Å². The van der Waals surface area contributed by atoms with E-state index in [1.807, 2.05) is 0 Å². The Morgan fingerprint density at radius 3 is 2.79 bits per heavy atom. The van der Waals surface area contributed by atoms with Crippen LogP contribution in [0.2, 0.25) is 0 Å². The second-order valence-electron chi connectivity index (χ2n) is 4.94. The van der Waals surface area contributed by atoms with Gasteiger partial charge >= 0.3 is 0 Å². The molecule has 0 spiro atoms. The largest absolute Gasteiger partial charge is 0.352 e. The molecule has 2 unspecified atom stereocenters. The molecule has 1 N–H and O–H groups in total. The predicted octanol–water partition coefficient (Wildman–Crippen LogP) is 4.13. The number of nitrogens with one attached hydrogen (secondary N) is 1. The number of amides is 1. The van der Waals surface area contributed by atoms with E-state index in [2.05, 4.69) is 37.2 Å². The van der Waals surface area contributed by atoms with Crippen LogP contribution in [-0.2, 0) is 0 Å². The van der Waals surface area contributed by atoms with Crippen LogP contribution in [0.3, 0.4) is 0 Å². The third-order valence-electron chi connectivity index (χ3n) is 3.72. The van der Waals surface area contributed by atoms with Gasteiger partial charge in [-0.2, -0.15) is 0 Å². The highest BCUT2D eigenvalue weighted by molar-refractivity contribution is 9.10. The fraction of sp³-hybridized carbons (Fsp3) is 0.500. The van der Waals surface area contributed by atoms with Crippen LogP contribution in [0.1, 0.15) is 29.6 Å². The van der Waals surface area contributed by atoms with Gasteiger partial charge in [-0.25, -0.2) is 4.39 Å². The second-order valence-corrected chi connectivity index (χ2v) is 6.45. The summed E-state index contributed by atoms with van der Waals surface area (Å²) in [7, 11) is 0. The van der Waals surface area contributed by atoms with E-state index in [1.54, 1.807) is 0 Å². The average Bonchev–Trinajstić information content (AvgIpc) is 2.86. The van der Waals surface area contributed by atoms with Crippen LogP contribution in [0.5, 0.6) is 0 Å². The minimum atomic E-state index is -0.355. The zero-order valence-electron chi connectivity index (χ0n) is 10.5. The Hall–Kier alpha value is -0.420. The predicted molar refractivity (Wildman–Crippen MR) is 81.1 cm³/mol. The zero-order valence-corrected chi connectivity index (χ0v) is 13.6. The number of carbonyl (C=O) groups excluding carboxylic acids is 1. The fourth-order valence-corrected chi connectivity index (χ4v) is 3.78. The van der Waals surface area contributed by atoms with Crippen molar-refractivity contribution in [2.75, 3.05) is 11.9 Å². The van der Waals surface area contributed by atoms with Crippen molar-refractivity contribution in [2.24, 2.45) is 11.8 Å². The summed E-state index contributed by atoms with van der Waals surface area (Å²) in [6, 6.07) is 4.32. The van der Waals surface area contributed by atoms with Gasteiger partial charge in [0.1, 0.15) is 5.82 Å². The molecule has 1 fully saturated rings. The number of alkyl halides is 1. The number of rotatable bonds is 4. The van der Waals surface area contributed by atoms with Crippen molar-refractivity contribution in [3.8, 4) is 0 Å².